The Kier molecular flexibility index (Phi) is 13.2. The zero-order chi connectivity index (χ0) is 7.45. The van der Waals surface area contributed by atoms with Gasteiger partial charge in [-0.2, -0.15) is 0 Å². The van der Waals surface area contributed by atoms with E-state index in [0.29, 0.717) is 26.5 Å². The Labute approximate surface area is 91.8 Å². The summed E-state index contributed by atoms with van der Waals surface area (Å²) in [7, 11) is 0. The summed E-state index contributed by atoms with van der Waals surface area (Å²) in [6, 6.07) is 0. The van der Waals surface area contributed by atoms with Crippen LogP contribution in [-0.4, -0.2) is 43.0 Å². The van der Waals surface area contributed by atoms with E-state index >= 15 is 0 Å². The molecule has 1 aliphatic rings. The molecule has 13 heavy (non-hydrogen) atoms. The molecule has 0 aromatic rings. The fraction of sp³-hybridized carbons (Fsp3) is 1.00. The maximum absolute atomic E-state index is 5.49. The molecule has 0 spiro atoms. The predicted molar refractivity (Wildman–Crippen MR) is 41.2 cm³/mol. The zero-order valence-electron chi connectivity index (χ0n) is 7.22. The SMILES string of the molecule is NCC1(CN)CCOCO1.[OH-].[OH-].[Pt+2]. The maximum atomic E-state index is 5.49. The molecule has 7 heteroatoms. The standard InChI is InChI=1S/C6H14N2O2.2H2O.Pt/c7-3-6(4-8)1-2-9-5-10-6;;;/h1-5,7-8H2;2*1H2;/q;;;+2/p-2. The Morgan fingerprint density at radius 3 is 1.92 bits per heavy atom. The van der Waals surface area contributed by atoms with Gasteiger partial charge in [0.15, 0.2) is 0 Å². The summed E-state index contributed by atoms with van der Waals surface area (Å²) in [6.45, 7) is 1.99. The molecule has 6 N–H and O–H groups in total. The van der Waals surface area contributed by atoms with Crippen molar-refractivity contribution in [2.45, 2.75) is 12.0 Å². The van der Waals surface area contributed by atoms with Gasteiger partial charge in [-0.15, -0.1) is 0 Å². The molecule has 0 radical (unpaired) electrons. The van der Waals surface area contributed by atoms with Gasteiger partial charge in [-0.3, -0.25) is 0 Å². The van der Waals surface area contributed by atoms with Crippen LogP contribution in [0, 0.1) is 0 Å². The van der Waals surface area contributed by atoms with Crippen LogP contribution in [0.25, 0.3) is 0 Å². The van der Waals surface area contributed by atoms with Crippen molar-refractivity contribution in [3.8, 4) is 0 Å². The third-order valence-corrected chi connectivity index (χ3v) is 1.89. The van der Waals surface area contributed by atoms with Crippen molar-refractivity contribution in [1.82, 2.24) is 0 Å². The third kappa shape index (κ3) is 5.02. The first kappa shape index (κ1) is 19.1. The monoisotopic (exact) mass is 375 g/mol. The van der Waals surface area contributed by atoms with Gasteiger partial charge in [-0.1, -0.05) is 0 Å². The largest absolute Gasteiger partial charge is 2.00 e. The van der Waals surface area contributed by atoms with Gasteiger partial charge in [0.2, 0.25) is 0 Å². The van der Waals surface area contributed by atoms with Gasteiger partial charge in [0.1, 0.15) is 6.79 Å². The first-order valence-corrected chi connectivity index (χ1v) is 3.45. The Morgan fingerprint density at radius 1 is 1.15 bits per heavy atom. The summed E-state index contributed by atoms with van der Waals surface area (Å²) < 4.78 is 10.3. The first-order valence-electron chi connectivity index (χ1n) is 3.45. The van der Waals surface area contributed by atoms with Crippen LogP contribution in [0.5, 0.6) is 0 Å². The van der Waals surface area contributed by atoms with E-state index in [1.807, 2.05) is 0 Å². The van der Waals surface area contributed by atoms with Gasteiger partial charge in [0, 0.05) is 19.5 Å². The molecule has 0 saturated carbocycles. The maximum Gasteiger partial charge on any atom is 2.00 e. The van der Waals surface area contributed by atoms with Crippen LogP contribution in [-0.2, 0) is 30.5 Å². The van der Waals surface area contributed by atoms with Crippen molar-refractivity contribution in [3.63, 3.8) is 0 Å². The molecule has 0 aliphatic carbocycles. The molecule has 0 atom stereocenters. The van der Waals surface area contributed by atoms with Gasteiger partial charge in [-0.25, -0.2) is 0 Å². The smallest absolute Gasteiger partial charge is 0.870 e. The van der Waals surface area contributed by atoms with Crippen LogP contribution in [0.1, 0.15) is 6.42 Å². The summed E-state index contributed by atoms with van der Waals surface area (Å²) in [5.41, 5.74) is 10.7. The molecule has 6 nitrogen and oxygen atoms in total. The molecule has 1 aliphatic heterocycles. The second kappa shape index (κ2) is 9.02. The van der Waals surface area contributed by atoms with E-state index < -0.39 is 0 Å². The molecule has 84 valence electrons. The summed E-state index contributed by atoms with van der Waals surface area (Å²) in [4.78, 5) is 0. The topological polar surface area (TPSA) is 130 Å². The molecular weight excluding hydrogens is 359 g/mol. The summed E-state index contributed by atoms with van der Waals surface area (Å²) >= 11 is 0. The van der Waals surface area contributed by atoms with E-state index in [1.54, 1.807) is 0 Å². The average Bonchev–Trinajstić information content (AvgIpc) is 2.06. The summed E-state index contributed by atoms with van der Waals surface area (Å²) in [5.74, 6) is 0. The van der Waals surface area contributed by atoms with E-state index in [1.165, 1.54) is 0 Å². The molecule has 0 aromatic carbocycles. The molecule has 0 aromatic heterocycles. The van der Waals surface area contributed by atoms with Crippen LogP contribution in [0.3, 0.4) is 0 Å². The van der Waals surface area contributed by atoms with E-state index in [2.05, 4.69) is 0 Å². The normalized spacial score (nSPS) is 18.9. The van der Waals surface area contributed by atoms with Crippen molar-refractivity contribution in [2.24, 2.45) is 11.5 Å². The van der Waals surface area contributed by atoms with E-state index in [0.717, 1.165) is 6.42 Å². The minimum absolute atomic E-state index is 0. The first-order chi connectivity index (χ1) is 4.83. The number of rotatable bonds is 2. The van der Waals surface area contributed by atoms with Crippen LogP contribution in [0.15, 0.2) is 0 Å². The molecule has 1 saturated heterocycles. The molecule has 0 bridgehead atoms. The van der Waals surface area contributed by atoms with E-state index in [4.69, 9.17) is 20.9 Å². The fourth-order valence-electron chi connectivity index (χ4n) is 0.961. The van der Waals surface area contributed by atoms with E-state index in [-0.39, 0.29) is 37.6 Å². The number of ether oxygens (including phenoxy) is 2. The van der Waals surface area contributed by atoms with Crippen molar-refractivity contribution in [2.75, 3.05) is 26.5 Å². The predicted octanol–water partition coefficient (Wildman–Crippen LogP) is -1.32. The Bertz CT molecular complexity index is 105. The van der Waals surface area contributed by atoms with Gasteiger partial charge in [0.05, 0.1) is 12.2 Å². The Hall–Kier alpha value is 0.448. The molecule has 1 fully saturated rings. The average molecular weight is 375 g/mol. The van der Waals surface area contributed by atoms with Gasteiger partial charge in [0.25, 0.3) is 0 Å². The molecule has 0 unspecified atom stereocenters. The van der Waals surface area contributed by atoms with Gasteiger partial charge in [-0.05, 0) is 0 Å². The number of hydrogen-bond donors (Lipinski definition) is 2. The third-order valence-electron chi connectivity index (χ3n) is 1.89. The van der Waals surface area contributed by atoms with Gasteiger partial charge >= 0.3 is 21.1 Å². The van der Waals surface area contributed by atoms with Crippen LogP contribution in [0.4, 0.5) is 0 Å². The van der Waals surface area contributed by atoms with Gasteiger partial charge < -0.3 is 31.9 Å². The molecule has 1 heterocycles. The second-order valence-electron chi connectivity index (χ2n) is 2.51. The molecule has 1 rings (SSSR count). The van der Waals surface area contributed by atoms with Crippen LogP contribution < -0.4 is 11.5 Å². The van der Waals surface area contributed by atoms with Crippen LogP contribution >= 0.6 is 0 Å². The minimum atomic E-state index is -0.307. The minimum Gasteiger partial charge on any atom is -0.870 e. The van der Waals surface area contributed by atoms with E-state index in [9.17, 15) is 0 Å². The zero-order valence-corrected chi connectivity index (χ0v) is 9.49. The number of nitrogens with two attached hydrogens (primary N) is 2. The van der Waals surface area contributed by atoms with Crippen LogP contribution in [0.2, 0.25) is 0 Å². The Morgan fingerprint density at radius 2 is 1.69 bits per heavy atom. The summed E-state index contributed by atoms with van der Waals surface area (Å²) in [6.07, 6.45) is 0.806. The second-order valence-corrected chi connectivity index (χ2v) is 2.51. The summed E-state index contributed by atoms with van der Waals surface area (Å²) in [5, 5.41) is 0. The number of hydrogen-bond acceptors (Lipinski definition) is 6. The fourth-order valence-corrected chi connectivity index (χ4v) is 0.961. The quantitative estimate of drug-likeness (QED) is 0.616. The van der Waals surface area contributed by atoms with Crippen molar-refractivity contribution >= 4 is 0 Å². The molecule has 0 amide bonds. The van der Waals surface area contributed by atoms with Crippen molar-refractivity contribution < 1.29 is 41.5 Å². The van der Waals surface area contributed by atoms with Crippen molar-refractivity contribution in [3.05, 3.63) is 0 Å². The van der Waals surface area contributed by atoms with Crippen molar-refractivity contribution in [1.29, 1.82) is 0 Å². The Balaban J connectivity index is -0.000000333. The molecular formula is C6H16N2O4Pt.